The van der Waals surface area contributed by atoms with E-state index in [2.05, 4.69) is 20.2 Å². The molecule has 9 nitrogen and oxygen atoms in total. The Morgan fingerprint density at radius 3 is 2.62 bits per heavy atom. The Labute approximate surface area is 234 Å². The molecule has 2 aromatic heterocycles. The highest BCUT2D eigenvalue weighted by molar-refractivity contribution is 6.35. The van der Waals surface area contributed by atoms with E-state index in [4.69, 9.17) is 26.1 Å². The first-order valence-corrected chi connectivity index (χ1v) is 13.5. The van der Waals surface area contributed by atoms with Gasteiger partial charge in [-0.1, -0.05) is 11.6 Å². The van der Waals surface area contributed by atoms with E-state index in [0.717, 1.165) is 37.6 Å². The molecule has 0 bridgehead atoms. The highest BCUT2D eigenvalue weighted by Gasteiger charge is 2.35. The molecule has 0 radical (unpaired) electrons. The van der Waals surface area contributed by atoms with Crippen molar-refractivity contribution >= 4 is 34.2 Å². The maximum Gasteiger partial charge on any atom is 0.451 e. The number of carbonyl (C=O) groups is 1. The fourth-order valence-electron chi connectivity index (χ4n) is 5.34. The molecule has 1 N–H and O–H groups in total. The molecule has 2 aliphatic heterocycles. The second-order valence-corrected chi connectivity index (χ2v) is 10.2. The van der Waals surface area contributed by atoms with Crippen LogP contribution in [0.25, 0.3) is 10.9 Å². The Morgan fingerprint density at radius 1 is 1.18 bits per heavy atom. The van der Waals surface area contributed by atoms with Crippen LogP contribution < -0.4 is 10.2 Å². The second-order valence-electron chi connectivity index (χ2n) is 9.82. The molecule has 2 aliphatic rings. The van der Waals surface area contributed by atoms with E-state index in [9.17, 15) is 18.0 Å². The maximum atomic E-state index is 13.5. The number of hydrogen-bond acceptors (Lipinski definition) is 8. The average Bonchev–Trinajstić information content (AvgIpc) is 3.41. The van der Waals surface area contributed by atoms with Crippen LogP contribution in [0.5, 0.6) is 0 Å². The number of carbonyl (C=O) groups excluding carboxylic acids is 1. The van der Waals surface area contributed by atoms with E-state index >= 15 is 0 Å². The topological polar surface area (TPSA) is 92.7 Å². The Hall–Kier alpha value is -3.06. The van der Waals surface area contributed by atoms with Gasteiger partial charge in [0.2, 0.25) is 5.82 Å². The fraction of sp³-hybridized carbons (Fsp3) is 0.481. The molecular weight excluding hydrogens is 549 g/mol. The lowest BCUT2D eigenvalue weighted by Crippen LogP contribution is -2.44. The number of methoxy groups -OCH3 is 1. The number of halogens is 4. The Balaban J connectivity index is 1.38. The van der Waals surface area contributed by atoms with E-state index in [0.29, 0.717) is 49.4 Å². The number of nitrogens with zero attached hydrogens (tertiary/aromatic N) is 5. The first-order valence-electron chi connectivity index (χ1n) is 13.1. The third-order valence-corrected chi connectivity index (χ3v) is 7.63. The summed E-state index contributed by atoms with van der Waals surface area (Å²) in [7, 11) is 1.69. The van der Waals surface area contributed by atoms with Gasteiger partial charge < -0.3 is 19.7 Å². The van der Waals surface area contributed by atoms with E-state index in [1.807, 2.05) is 17.0 Å². The summed E-state index contributed by atoms with van der Waals surface area (Å²) in [6, 6.07) is 6.96. The number of amides is 1. The van der Waals surface area contributed by atoms with Gasteiger partial charge in [0.05, 0.1) is 48.0 Å². The summed E-state index contributed by atoms with van der Waals surface area (Å²) >= 11 is 6.50. The highest BCUT2D eigenvalue weighted by Crippen LogP contribution is 2.31. The van der Waals surface area contributed by atoms with Crippen molar-refractivity contribution in [2.45, 2.75) is 31.1 Å². The third kappa shape index (κ3) is 6.14. The van der Waals surface area contributed by atoms with Gasteiger partial charge in [0, 0.05) is 56.6 Å². The van der Waals surface area contributed by atoms with Crippen molar-refractivity contribution in [3.63, 3.8) is 0 Å². The first-order chi connectivity index (χ1) is 19.3. The monoisotopic (exact) mass is 578 g/mol. The van der Waals surface area contributed by atoms with Crippen LogP contribution >= 0.6 is 11.6 Å². The normalized spacial score (nSPS) is 19.2. The number of benzene rings is 1. The van der Waals surface area contributed by atoms with Crippen molar-refractivity contribution < 1.29 is 27.4 Å². The lowest BCUT2D eigenvalue weighted by Gasteiger charge is -2.34. The number of aromatic nitrogens is 3. The number of rotatable bonds is 8. The molecule has 1 aromatic carbocycles. The minimum atomic E-state index is -4.64. The molecule has 4 heterocycles. The van der Waals surface area contributed by atoms with E-state index in [1.54, 1.807) is 19.2 Å². The van der Waals surface area contributed by atoms with E-state index < -0.39 is 23.9 Å². The third-order valence-electron chi connectivity index (χ3n) is 7.32. The Kier molecular flexibility index (Phi) is 8.69. The molecule has 1 unspecified atom stereocenters. The summed E-state index contributed by atoms with van der Waals surface area (Å²) < 4.78 is 49.8. The summed E-state index contributed by atoms with van der Waals surface area (Å²) in [5.74, 6) is -0.803. The largest absolute Gasteiger partial charge is 0.451 e. The predicted molar refractivity (Wildman–Crippen MR) is 143 cm³/mol. The number of morpholine rings is 1. The van der Waals surface area contributed by atoms with Crippen molar-refractivity contribution in [3.05, 3.63) is 58.6 Å². The van der Waals surface area contributed by atoms with Gasteiger partial charge in [0.25, 0.3) is 5.91 Å². The Morgan fingerprint density at radius 2 is 1.93 bits per heavy atom. The van der Waals surface area contributed by atoms with Gasteiger partial charge in [-0.2, -0.15) is 13.2 Å². The van der Waals surface area contributed by atoms with Crippen LogP contribution in [0, 0.1) is 0 Å². The molecule has 1 amide bonds. The number of anilines is 1. The predicted octanol–water partition coefficient (Wildman–Crippen LogP) is 4.12. The number of ether oxygens (including phenoxy) is 2. The van der Waals surface area contributed by atoms with Gasteiger partial charge >= 0.3 is 6.18 Å². The lowest BCUT2D eigenvalue weighted by atomic mass is 10.1. The summed E-state index contributed by atoms with van der Waals surface area (Å²) in [6.45, 7) is 3.63. The molecule has 214 valence electrons. The molecule has 13 heteroatoms. The van der Waals surface area contributed by atoms with Crippen molar-refractivity contribution in [1.29, 1.82) is 0 Å². The van der Waals surface area contributed by atoms with Gasteiger partial charge in [-0.05, 0) is 37.1 Å². The van der Waals surface area contributed by atoms with Crippen LogP contribution in [0.1, 0.15) is 40.6 Å². The van der Waals surface area contributed by atoms with Gasteiger partial charge in [0.1, 0.15) is 5.82 Å². The molecule has 40 heavy (non-hydrogen) atoms. The van der Waals surface area contributed by atoms with Crippen molar-refractivity contribution in [2.24, 2.45) is 0 Å². The smallest absolute Gasteiger partial charge is 0.383 e. The molecule has 5 rings (SSSR count). The fourth-order valence-corrected chi connectivity index (χ4v) is 5.59. The molecule has 3 aromatic rings. The molecule has 2 fully saturated rings. The minimum Gasteiger partial charge on any atom is -0.383 e. The zero-order chi connectivity index (χ0) is 28.3. The van der Waals surface area contributed by atoms with E-state index in [1.165, 1.54) is 0 Å². The first kappa shape index (κ1) is 28.5. The molecule has 2 saturated heterocycles. The van der Waals surface area contributed by atoms with Crippen LogP contribution in [-0.4, -0.2) is 84.9 Å². The summed E-state index contributed by atoms with van der Waals surface area (Å²) in [6.07, 6.45) is -0.243. The van der Waals surface area contributed by atoms with Gasteiger partial charge in [0.15, 0.2) is 0 Å². The van der Waals surface area contributed by atoms with Crippen LogP contribution in [-0.2, 0) is 15.7 Å². The molecule has 2 atom stereocenters. The molecule has 0 aliphatic carbocycles. The zero-order valence-electron chi connectivity index (χ0n) is 22.0. The number of alkyl halides is 3. The number of fused-ring (bicyclic) bond motifs is 1. The van der Waals surface area contributed by atoms with Crippen molar-refractivity contribution in [1.82, 2.24) is 25.2 Å². The second kappa shape index (κ2) is 12.2. The standard InChI is InChI=1S/C27H30ClF3N6O3/c1-39-16-18-3-2-8-37(18)23-7-4-19-21(35-23)6-5-20(28)24(19)25(38)32-15-22(36-9-11-40-12-10-36)17-13-33-26(34-14-17)27(29,30)31/h4-7,13-14,18,22H,2-3,8-12,15-16H2,1H3,(H,32,38)/t18-,22?/m1/s1. The summed E-state index contributed by atoms with van der Waals surface area (Å²) in [5.41, 5.74) is 1.38. The number of nitrogens with one attached hydrogen (secondary N) is 1. The van der Waals surface area contributed by atoms with Gasteiger partial charge in [-0.25, -0.2) is 15.0 Å². The van der Waals surface area contributed by atoms with Gasteiger partial charge in [-0.3, -0.25) is 9.69 Å². The minimum absolute atomic E-state index is 0.109. The zero-order valence-corrected chi connectivity index (χ0v) is 22.7. The molecule has 0 saturated carbocycles. The lowest BCUT2D eigenvalue weighted by molar-refractivity contribution is -0.145. The average molecular weight is 579 g/mol. The highest BCUT2D eigenvalue weighted by atomic mass is 35.5. The van der Waals surface area contributed by atoms with Gasteiger partial charge in [-0.15, -0.1) is 0 Å². The molecule has 0 spiro atoms. The number of pyridine rings is 1. The van der Waals surface area contributed by atoms with Crippen LogP contribution in [0.15, 0.2) is 36.7 Å². The number of hydrogen-bond donors (Lipinski definition) is 1. The SMILES string of the molecule is COC[C@H]1CCCN1c1ccc2c(C(=O)NCC(c3cnc(C(F)(F)F)nc3)N3CCOCC3)c(Cl)ccc2n1. The summed E-state index contributed by atoms with van der Waals surface area (Å²) in [5, 5.41) is 3.81. The Bertz CT molecular complexity index is 1340. The van der Waals surface area contributed by atoms with Crippen molar-refractivity contribution in [3.8, 4) is 0 Å². The van der Waals surface area contributed by atoms with E-state index in [-0.39, 0.29) is 23.2 Å². The van der Waals surface area contributed by atoms with Crippen LogP contribution in [0.3, 0.4) is 0 Å². The molecular formula is C27H30ClF3N6O3. The van der Waals surface area contributed by atoms with Crippen LogP contribution in [0.2, 0.25) is 5.02 Å². The summed E-state index contributed by atoms with van der Waals surface area (Å²) in [4.78, 5) is 29.6. The van der Waals surface area contributed by atoms with Crippen LogP contribution in [0.4, 0.5) is 19.0 Å². The quantitative estimate of drug-likeness (QED) is 0.427. The maximum absolute atomic E-state index is 13.5. The van der Waals surface area contributed by atoms with Crippen molar-refractivity contribution in [2.75, 3.05) is 58.0 Å².